The number of aliphatic carboxylic acids is 1. The van der Waals surface area contributed by atoms with Crippen molar-refractivity contribution in [3.63, 3.8) is 0 Å². The van der Waals surface area contributed by atoms with Crippen molar-refractivity contribution >= 4 is 22.8 Å². The fraction of sp³-hybridized carbons (Fsp3) is 0.267. The Balaban J connectivity index is 1.95. The Morgan fingerprint density at radius 1 is 1.20 bits per heavy atom. The number of carboxylic acids is 1. The van der Waals surface area contributed by atoms with Crippen LogP contribution >= 0.6 is 0 Å². The van der Waals surface area contributed by atoms with Gasteiger partial charge in [-0.3, -0.25) is 9.78 Å². The van der Waals surface area contributed by atoms with Gasteiger partial charge in [-0.2, -0.15) is 0 Å². The summed E-state index contributed by atoms with van der Waals surface area (Å²) in [5, 5.41) is 12.7. The Bertz CT molecular complexity index is 687. The molecule has 20 heavy (non-hydrogen) atoms. The monoisotopic (exact) mass is 270 g/mol. The van der Waals surface area contributed by atoms with Crippen LogP contribution in [0.2, 0.25) is 0 Å². The average Bonchev–Trinajstić information content (AvgIpc) is 2.41. The second kappa shape index (κ2) is 4.59. The largest absolute Gasteiger partial charge is 0.480 e. The average molecular weight is 270 g/mol. The molecule has 1 aliphatic carbocycles. The summed E-state index contributed by atoms with van der Waals surface area (Å²) >= 11 is 0. The highest BCUT2D eigenvalue weighted by atomic mass is 16.4. The Morgan fingerprint density at radius 2 is 2.00 bits per heavy atom. The highest BCUT2D eigenvalue weighted by Crippen LogP contribution is 2.32. The van der Waals surface area contributed by atoms with Crippen LogP contribution in [0.3, 0.4) is 0 Å². The zero-order valence-corrected chi connectivity index (χ0v) is 10.8. The maximum Gasteiger partial charge on any atom is 0.329 e. The van der Waals surface area contributed by atoms with Gasteiger partial charge in [-0.1, -0.05) is 12.1 Å². The minimum atomic E-state index is -1.10. The van der Waals surface area contributed by atoms with Crippen molar-refractivity contribution in [1.29, 1.82) is 0 Å². The Kier molecular flexibility index (Phi) is 2.89. The Labute approximate surface area is 115 Å². The van der Waals surface area contributed by atoms with E-state index in [1.165, 1.54) is 0 Å². The van der Waals surface area contributed by atoms with Gasteiger partial charge in [0.1, 0.15) is 5.54 Å². The van der Waals surface area contributed by atoms with E-state index >= 15 is 0 Å². The first-order valence-electron chi connectivity index (χ1n) is 6.52. The van der Waals surface area contributed by atoms with Crippen molar-refractivity contribution in [3.8, 4) is 0 Å². The van der Waals surface area contributed by atoms with Crippen LogP contribution in [0.25, 0.3) is 10.9 Å². The molecule has 2 N–H and O–H groups in total. The summed E-state index contributed by atoms with van der Waals surface area (Å²) in [6.07, 6.45) is 3.45. The fourth-order valence-electron chi connectivity index (χ4n) is 2.51. The predicted molar refractivity (Wildman–Crippen MR) is 73.4 cm³/mol. The number of nitrogens with zero attached hydrogens (tertiary/aromatic N) is 1. The zero-order valence-electron chi connectivity index (χ0n) is 10.8. The normalized spacial score (nSPS) is 16.4. The van der Waals surface area contributed by atoms with E-state index in [0.717, 1.165) is 17.3 Å². The van der Waals surface area contributed by atoms with Crippen LogP contribution in [0.5, 0.6) is 0 Å². The van der Waals surface area contributed by atoms with Crippen molar-refractivity contribution in [2.75, 3.05) is 0 Å². The van der Waals surface area contributed by atoms with E-state index in [1.54, 1.807) is 24.4 Å². The first-order valence-corrected chi connectivity index (χ1v) is 6.52. The maximum atomic E-state index is 12.4. The standard InChI is InChI=1S/C15H14N2O3/c18-13(17-15(14(19)20)7-3-8-15)11-4-1-6-12-10(11)5-2-9-16-12/h1-2,4-6,9H,3,7-8H2,(H,17,18)(H,19,20). The number of pyridine rings is 1. The lowest BCUT2D eigenvalue weighted by Gasteiger charge is -2.38. The molecule has 1 aromatic carbocycles. The molecule has 102 valence electrons. The molecule has 1 heterocycles. The van der Waals surface area contributed by atoms with Gasteiger partial charge in [0.2, 0.25) is 0 Å². The molecule has 0 unspecified atom stereocenters. The minimum Gasteiger partial charge on any atom is -0.480 e. The number of rotatable bonds is 3. The molecule has 1 fully saturated rings. The lowest BCUT2D eigenvalue weighted by molar-refractivity contribution is -0.148. The van der Waals surface area contributed by atoms with Gasteiger partial charge in [0.05, 0.1) is 5.52 Å². The van der Waals surface area contributed by atoms with E-state index in [1.807, 2.05) is 12.1 Å². The number of carboxylic acid groups (broad SMARTS) is 1. The number of fused-ring (bicyclic) bond motifs is 1. The fourth-order valence-corrected chi connectivity index (χ4v) is 2.51. The smallest absolute Gasteiger partial charge is 0.329 e. The van der Waals surface area contributed by atoms with Gasteiger partial charge in [0, 0.05) is 17.1 Å². The third kappa shape index (κ3) is 1.91. The number of nitrogens with one attached hydrogen (secondary N) is 1. The summed E-state index contributed by atoms with van der Waals surface area (Å²) in [6, 6.07) is 8.83. The van der Waals surface area contributed by atoms with Crippen LogP contribution in [0.15, 0.2) is 36.5 Å². The number of benzene rings is 1. The Morgan fingerprint density at radius 3 is 2.65 bits per heavy atom. The molecule has 1 saturated carbocycles. The molecule has 0 bridgehead atoms. The molecule has 1 amide bonds. The molecular formula is C15H14N2O3. The molecule has 1 aromatic heterocycles. The summed E-state index contributed by atoms with van der Waals surface area (Å²) in [5.41, 5.74) is 0.0859. The van der Waals surface area contributed by atoms with E-state index < -0.39 is 11.5 Å². The van der Waals surface area contributed by atoms with Crippen molar-refractivity contribution in [1.82, 2.24) is 10.3 Å². The molecule has 2 aromatic rings. The van der Waals surface area contributed by atoms with E-state index in [0.29, 0.717) is 18.4 Å². The second-order valence-corrected chi connectivity index (χ2v) is 5.07. The van der Waals surface area contributed by atoms with Gasteiger partial charge < -0.3 is 10.4 Å². The molecule has 0 aliphatic heterocycles. The lowest BCUT2D eigenvalue weighted by atomic mass is 9.76. The number of hydrogen-bond acceptors (Lipinski definition) is 3. The van der Waals surface area contributed by atoms with Gasteiger partial charge in [-0.15, -0.1) is 0 Å². The quantitative estimate of drug-likeness (QED) is 0.893. The molecule has 5 nitrogen and oxygen atoms in total. The highest BCUT2D eigenvalue weighted by Gasteiger charge is 2.45. The summed E-state index contributed by atoms with van der Waals surface area (Å²) in [7, 11) is 0. The number of aromatic nitrogens is 1. The van der Waals surface area contributed by atoms with E-state index in [-0.39, 0.29) is 5.91 Å². The van der Waals surface area contributed by atoms with Crippen LogP contribution in [0, 0.1) is 0 Å². The highest BCUT2D eigenvalue weighted by molar-refractivity contribution is 6.07. The van der Waals surface area contributed by atoms with Crippen LogP contribution < -0.4 is 5.32 Å². The minimum absolute atomic E-state index is 0.356. The number of hydrogen-bond donors (Lipinski definition) is 2. The SMILES string of the molecule is O=C(NC1(C(=O)O)CCC1)c1cccc2ncccc12. The zero-order chi connectivity index (χ0) is 14.2. The van der Waals surface area contributed by atoms with Crippen LogP contribution in [-0.2, 0) is 4.79 Å². The second-order valence-electron chi connectivity index (χ2n) is 5.07. The van der Waals surface area contributed by atoms with Crippen molar-refractivity contribution in [3.05, 3.63) is 42.1 Å². The molecule has 3 rings (SSSR count). The van der Waals surface area contributed by atoms with Gasteiger partial charge >= 0.3 is 5.97 Å². The topological polar surface area (TPSA) is 79.3 Å². The first kappa shape index (κ1) is 12.6. The van der Waals surface area contributed by atoms with Crippen LogP contribution in [-0.4, -0.2) is 27.5 Å². The van der Waals surface area contributed by atoms with Crippen LogP contribution in [0.1, 0.15) is 29.6 Å². The van der Waals surface area contributed by atoms with Gasteiger partial charge in [-0.25, -0.2) is 4.79 Å². The predicted octanol–water partition coefficient (Wildman–Crippen LogP) is 1.97. The van der Waals surface area contributed by atoms with Crippen molar-refractivity contribution in [2.45, 2.75) is 24.8 Å². The summed E-state index contributed by atoms with van der Waals surface area (Å²) < 4.78 is 0. The number of carbonyl (C=O) groups excluding carboxylic acids is 1. The Hall–Kier alpha value is -2.43. The molecule has 0 radical (unpaired) electrons. The molecule has 1 aliphatic rings. The van der Waals surface area contributed by atoms with Crippen molar-refractivity contribution < 1.29 is 14.7 Å². The third-order valence-corrected chi connectivity index (χ3v) is 3.86. The van der Waals surface area contributed by atoms with Gasteiger partial charge in [-0.05, 0) is 37.5 Å². The summed E-state index contributed by atoms with van der Waals surface area (Å²) in [5.74, 6) is -1.32. The molecular weight excluding hydrogens is 256 g/mol. The van der Waals surface area contributed by atoms with E-state index in [9.17, 15) is 14.7 Å². The first-order chi connectivity index (χ1) is 9.62. The summed E-state index contributed by atoms with van der Waals surface area (Å²) in [6.45, 7) is 0. The third-order valence-electron chi connectivity index (χ3n) is 3.86. The summed E-state index contributed by atoms with van der Waals surface area (Å²) in [4.78, 5) is 27.9. The molecule has 0 saturated heterocycles. The molecule has 0 spiro atoms. The van der Waals surface area contributed by atoms with E-state index in [2.05, 4.69) is 10.3 Å². The van der Waals surface area contributed by atoms with Gasteiger partial charge in [0.15, 0.2) is 0 Å². The lowest BCUT2D eigenvalue weighted by Crippen LogP contribution is -2.59. The van der Waals surface area contributed by atoms with E-state index in [4.69, 9.17) is 0 Å². The van der Waals surface area contributed by atoms with Crippen molar-refractivity contribution in [2.24, 2.45) is 0 Å². The van der Waals surface area contributed by atoms with Crippen LogP contribution in [0.4, 0.5) is 0 Å². The number of amides is 1. The number of carbonyl (C=O) groups is 2. The van der Waals surface area contributed by atoms with Gasteiger partial charge in [0.25, 0.3) is 5.91 Å². The molecule has 5 heteroatoms. The maximum absolute atomic E-state index is 12.4. The molecule has 0 atom stereocenters.